The molecule has 0 bridgehead atoms. The Balaban J connectivity index is 1.68. The molecule has 4 nitrogen and oxygen atoms in total. The summed E-state index contributed by atoms with van der Waals surface area (Å²) in [7, 11) is 0. The van der Waals surface area contributed by atoms with Crippen LogP contribution in [-0.4, -0.2) is 22.0 Å². The Kier molecular flexibility index (Phi) is 4.25. The number of rotatable bonds is 2. The van der Waals surface area contributed by atoms with Crippen LogP contribution in [0, 0.1) is 13.8 Å². The van der Waals surface area contributed by atoms with E-state index >= 15 is 0 Å². The van der Waals surface area contributed by atoms with E-state index in [1.165, 1.54) is 5.56 Å². The maximum atomic E-state index is 13.1. The molecular weight excluding hydrogens is 322 g/mol. The van der Waals surface area contributed by atoms with Crippen molar-refractivity contribution in [3.8, 4) is 0 Å². The lowest BCUT2D eigenvalue weighted by Crippen LogP contribution is -2.44. The van der Waals surface area contributed by atoms with Gasteiger partial charge in [0.05, 0.1) is 6.04 Å². The summed E-state index contributed by atoms with van der Waals surface area (Å²) in [5.41, 5.74) is 5.46. The fourth-order valence-corrected chi connectivity index (χ4v) is 3.71. The summed E-state index contributed by atoms with van der Waals surface area (Å²) in [6, 6.07) is 20.4. The molecule has 1 aliphatic heterocycles. The van der Waals surface area contributed by atoms with Crippen molar-refractivity contribution in [2.45, 2.75) is 26.4 Å². The smallest absolute Gasteiger partial charge is 0.322 e. The van der Waals surface area contributed by atoms with Gasteiger partial charge in [-0.3, -0.25) is 0 Å². The summed E-state index contributed by atoms with van der Waals surface area (Å²) >= 11 is 0. The van der Waals surface area contributed by atoms with Gasteiger partial charge in [0.25, 0.3) is 0 Å². The number of aryl methyl sites for hydroxylation is 2. The molecule has 4 rings (SSSR count). The third-order valence-electron chi connectivity index (χ3n) is 4.93. The van der Waals surface area contributed by atoms with Crippen LogP contribution in [0.2, 0.25) is 0 Å². The van der Waals surface area contributed by atoms with E-state index in [4.69, 9.17) is 0 Å². The average molecular weight is 345 g/mol. The second kappa shape index (κ2) is 6.71. The number of carbonyl (C=O) groups excluding carboxylic acids is 1. The van der Waals surface area contributed by atoms with Gasteiger partial charge in [0.15, 0.2) is 0 Å². The van der Waals surface area contributed by atoms with Gasteiger partial charge in [0.2, 0.25) is 0 Å². The third kappa shape index (κ3) is 3.10. The Morgan fingerprint density at radius 2 is 1.73 bits per heavy atom. The maximum Gasteiger partial charge on any atom is 0.322 e. The molecule has 3 aromatic rings. The van der Waals surface area contributed by atoms with E-state index in [1.54, 1.807) is 0 Å². The standard InChI is InChI=1S/C22H23N3O/c1-16-6-3-8-18(14-16)21-20-10-5-11-24(20)12-13-25(21)22(26)23-19-9-4-7-17(2)15-19/h3-11,14-15,21H,12-13H2,1-2H3,(H,23,26). The van der Waals surface area contributed by atoms with Crippen molar-refractivity contribution < 1.29 is 4.79 Å². The summed E-state index contributed by atoms with van der Waals surface area (Å²) < 4.78 is 2.24. The van der Waals surface area contributed by atoms with Crippen LogP contribution < -0.4 is 5.32 Å². The normalized spacial score (nSPS) is 16.2. The fourth-order valence-electron chi connectivity index (χ4n) is 3.71. The minimum Gasteiger partial charge on any atom is -0.348 e. The van der Waals surface area contributed by atoms with Crippen molar-refractivity contribution in [3.63, 3.8) is 0 Å². The van der Waals surface area contributed by atoms with Crippen LogP contribution in [0.3, 0.4) is 0 Å². The van der Waals surface area contributed by atoms with Crippen LogP contribution >= 0.6 is 0 Å². The van der Waals surface area contributed by atoms with Crippen LogP contribution in [0.15, 0.2) is 66.9 Å². The molecule has 1 aromatic heterocycles. The van der Waals surface area contributed by atoms with E-state index in [0.29, 0.717) is 6.54 Å². The summed E-state index contributed by atoms with van der Waals surface area (Å²) in [4.78, 5) is 15.0. The van der Waals surface area contributed by atoms with E-state index in [9.17, 15) is 4.79 Å². The Hall–Kier alpha value is -3.01. The number of hydrogen-bond donors (Lipinski definition) is 1. The molecule has 26 heavy (non-hydrogen) atoms. The van der Waals surface area contributed by atoms with Gasteiger partial charge in [-0.05, 0) is 49.2 Å². The Morgan fingerprint density at radius 1 is 0.962 bits per heavy atom. The van der Waals surface area contributed by atoms with Gasteiger partial charge < -0.3 is 14.8 Å². The topological polar surface area (TPSA) is 37.3 Å². The zero-order valence-electron chi connectivity index (χ0n) is 15.1. The second-order valence-corrected chi connectivity index (χ2v) is 6.94. The van der Waals surface area contributed by atoms with Crippen molar-refractivity contribution in [2.24, 2.45) is 0 Å². The molecule has 132 valence electrons. The molecule has 1 aliphatic rings. The highest BCUT2D eigenvalue weighted by atomic mass is 16.2. The minimum atomic E-state index is -0.0801. The molecule has 1 N–H and O–H groups in total. The van der Waals surface area contributed by atoms with Crippen molar-refractivity contribution in [3.05, 3.63) is 89.2 Å². The highest BCUT2D eigenvalue weighted by Gasteiger charge is 2.32. The van der Waals surface area contributed by atoms with Gasteiger partial charge in [-0.15, -0.1) is 0 Å². The molecule has 0 fully saturated rings. The van der Waals surface area contributed by atoms with E-state index in [1.807, 2.05) is 36.1 Å². The van der Waals surface area contributed by atoms with Gasteiger partial charge in [-0.25, -0.2) is 4.79 Å². The number of nitrogens with one attached hydrogen (secondary N) is 1. The number of anilines is 1. The summed E-state index contributed by atoms with van der Waals surface area (Å²) in [5.74, 6) is 0. The number of aromatic nitrogens is 1. The zero-order valence-corrected chi connectivity index (χ0v) is 15.1. The fraction of sp³-hybridized carbons (Fsp3) is 0.227. The van der Waals surface area contributed by atoms with E-state index in [-0.39, 0.29) is 12.1 Å². The number of urea groups is 1. The lowest BCUT2D eigenvalue weighted by Gasteiger charge is -2.37. The third-order valence-corrected chi connectivity index (χ3v) is 4.93. The Morgan fingerprint density at radius 3 is 2.50 bits per heavy atom. The number of benzene rings is 2. The first-order valence-electron chi connectivity index (χ1n) is 8.98. The first-order valence-corrected chi connectivity index (χ1v) is 8.98. The quantitative estimate of drug-likeness (QED) is 0.715. The summed E-state index contributed by atoms with van der Waals surface area (Å²) in [5, 5.41) is 3.07. The predicted octanol–water partition coefficient (Wildman–Crippen LogP) is 4.74. The summed E-state index contributed by atoms with van der Waals surface area (Å²) in [6.07, 6.45) is 2.09. The van der Waals surface area contributed by atoms with Crippen molar-refractivity contribution in [1.29, 1.82) is 0 Å². The average Bonchev–Trinajstić information content (AvgIpc) is 3.09. The van der Waals surface area contributed by atoms with Gasteiger partial charge in [0.1, 0.15) is 0 Å². The highest BCUT2D eigenvalue weighted by Crippen LogP contribution is 2.33. The monoisotopic (exact) mass is 345 g/mol. The predicted molar refractivity (Wildman–Crippen MR) is 104 cm³/mol. The molecule has 0 spiro atoms. The van der Waals surface area contributed by atoms with E-state index < -0.39 is 0 Å². The lowest BCUT2D eigenvalue weighted by molar-refractivity contribution is 0.182. The Bertz CT molecular complexity index is 944. The van der Waals surface area contributed by atoms with Crippen LogP contribution in [0.5, 0.6) is 0 Å². The van der Waals surface area contributed by atoms with Crippen molar-refractivity contribution in [2.75, 3.05) is 11.9 Å². The Labute approximate surface area is 154 Å². The number of amides is 2. The minimum absolute atomic E-state index is 0.0606. The number of nitrogens with zero attached hydrogens (tertiary/aromatic N) is 2. The van der Waals surface area contributed by atoms with Crippen LogP contribution in [-0.2, 0) is 6.54 Å². The molecule has 0 saturated carbocycles. The van der Waals surface area contributed by atoms with Crippen LogP contribution in [0.4, 0.5) is 10.5 Å². The van der Waals surface area contributed by atoms with Crippen LogP contribution in [0.1, 0.15) is 28.4 Å². The molecular formula is C22H23N3O. The molecule has 2 aromatic carbocycles. The SMILES string of the molecule is Cc1cccc(NC(=O)N2CCn3cccc3C2c2cccc(C)c2)c1. The molecule has 0 saturated heterocycles. The highest BCUT2D eigenvalue weighted by molar-refractivity contribution is 5.90. The van der Waals surface area contributed by atoms with E-state index in [0.717, 1.165) is 29.1 Å². The molecule has 2 heterocycles. The first-order chi connectivity index (χ1) is 12.6. The molecule has 0 radical (unpaired) electrons. The number of hydrogen-bond acceptors (Lipinski definition) is 1. The molecule has 0 aliphatic carbocycles. The molecule has 1 unspecified atom stereocenters. The van der Waals surface area contributed by atoms with Crippen molar-refractivity contribution in [1.82, 2.24) is 9.47 Å². The van der Waals surface area contributed by atoms with Gasteiger partial charge in [-0.1, -0.05) is 42.0 Å². The van der Waals surface area contributed by atoms with Crippen molar-refractivity contribution >= 4 is 11.7 Å². The molecule has 2 amide bonds. The van der Waals surface area contributed by atoms with E-state index in [2.05, 4.69) is 59.4 Å². The number of fused-ring (bicyclic) bond motifs is 1. The zero-order chi connectivity index (χ0) is 18.1. The molecule has 1 atom stereocenters. The van der Waals surface area contributed by atoms with Crippen LogP contribution in [0.25, 0.3) is 0 Å². The van der Waals surface area contributed by atoms with Gasteiger partial charge in [0, 0.05) is 30.7 Å². The largest absolute Gasteiger partial charge is 0.348 e. The van der Waals surface area contributed by atoms with Gasteiger partial charge >= 0.3 is 6.03 Å². The first kappa shape index (κ1) is 16.5. The van der Waals surface area contributed by atoms with Gasteiger partial charge in [-0.2, -0.15) is 0 Å². The number of carbonyl (C=O) groups is 1. The lowest BCUT2D eigenvalue weighted by atomic mass is 9.98. The molecule has 4 heteroatoms. The second-order valence-electron chi connectivity index (χ2n) is 6.94. The maximum absolute atomic E-state index is 13.1. The summed E-state index contributed by atoms with van der Waals surface area (Å²) in [6.45, 7) is 5.60.